The largest absolute Gasteiger partial charge is 0.416 e. The van der Waals surface area contributed by atoms with Crippen molar-refractivity contribution in [1.82, 2.24) is 20.3 Å². The summed E-state index contributed by atoms with van der Waals surface area (Å²) in [6, 6.07) is 3.15. The number of aliphatic hydroxyl groups excluding tert-OH is 1. The van der Waals surface area contributed by atoms with Crippen molar-refractivity contribution in [3.8, 4) is 0 Å². The van der Waals surface area contributed by atoms with Crippen LogP contribution < -0.4 is 10.6 Å². The number of nitrogens with zero attached hydrogens (tertiary/aromatic N) is 3. The highest BCUT2D eigenvalue weighted by molar-refractivity contribution is 5.89. The van der Waals surface area contributed by atoms with Crippen LogP contribution in [0.15, 0.2) is 30.5 Å². The molecule has 2 heterocycles. The maximum absolute atomic E-state index is 12.6. The summed E-state index contributed by atoms with van der Waals surface area (Å²) in [5, 5.41) is 22.9. The zero-order valence-corrected chi connectivity index (χ0v) is 17.5. The van der Waals surface area contributed by atoms with E-state index in [1.807, 2.05) is 0 Å². The molecule has 1 aliphatic rings. The van der Waals surface area contributed by atoms with Crippen molar-refractivity contribution in [2.24, 2.45) is 0 Å². The molecule has 3 N–H and O–H groups in total. The van der Waals surface area contributed by atoms with Crippen molar-refractivity contribution >= 4 is 11.7 Å². The predicted molar refractivity (Wildman–Crippen MR) is 108 cm³/mol. The van der Waals surface area contributed by atoms with Gasteiger partial charge in [-0.25, -0.2) is 4.79 Å². The van der Waals surface area contributed by atoms with E-state index in [0.717, 1.165) is 17.8 Å². The summed E-state index contributed by atoms with van der Waals surface area (Å²) < 4.78 is 50.6. The van der Waals surface area contributed by atoms with Crippen molar-refractivity contribution in [3.05, 3.63) is 41.7 Å². The molecule has 0 aliphatic carbocycles. The number of benzene rings is 1. The Hall–Kier alpha value is -2.70. The van der Waals surface area contributed by atoms with E-state index < -0.39 is 29.9 Å². The summed E-state index contributed by atoms with van der Waals surface area (Å²) in [7, 11) is 1.58. The predicted octanol–water partition coefficient (Wildman–Crippen LogP) is 2.56. The Morgan fingerprint density at radius 1 is 1.31 bits per heavy atom. The van der Waals surface area contributed by atoms with Crippen LogP contribution in [-0.4, -0.2) is 58.1 Å². The topological polar surface area (TPSA) is 111 Å². The van der Waals surface area contributed by atoms with Gasteiger partial charge in [0.2, 0.25) is 0 Å². The Bertz CT molecular complexity index is 875. The lowest BCUT2D eigenvalue weighted by atomic mass is 9.97. The fourth-order valence-electron chi connectivity index (χ4n) is 3.53. The monoisotopic (exact) mass is 457 g/mol. The lowest BCUT2D eigenvalue weighted by molar-refractivity contribution is -0.137. The van der Waals surface area contributed by atoms with Crippen LogP contribution >= 0.6 is 0 Å². The average Bonchev–Trinajstić information content (AvgIpc) is 3.20. The second-order valence-corrected chi connectivity index (χ2v) is 7.53. The molecule has 32 heavy (non-hydrogen) atoms. The number of aromatic nitrogens is 3. The van der Waals surface area contributed by atoms with E-state index in [1.54, 1.807) is 18.0 Å². The molecule has 1 aromatic carbocycles. The third-order valence-corrected chi connectivity index (χ3v) is 5.14. The van der Waals surface area contributed by atoms with E-state index in [-0.39, 0.29) is 18.4 Å². The van der Waals surface area contributed by atoms with Gasteiger partial charge in [0.15, 0.2) is 0 Å². The quantitative estimate of drug-likeness (QED) is 0.562. The number of rotatable bonds is 8. The van der Waals surface area contributed by atoms with E-state index in [1.165, 1.54) is 12.1 Å². The molecule has 2 amide bonds. The summed E-state index contributed by atoms with van der Waals surface area (Å²) in [6.45, 7) is 0.698. The van der Waals surface area contributed by atoms with Gasteiger partial charge in [-0.2, -0.15) is 13.2 Å². The number of alkyl halides is 3. The van der Waals surface area contributed by atoms with Crippen LogP contribution in [0.4, 0.5) is 23.7 Å². The van der Waals surface area contributed by atoms with E-state index in [9.17, 15) is 23.1 Å². The minimum atomic E-state index is -4.44. The first kappa shape index (κ1) is 24.0. The van der Waals surface area contributed by atoms with E-state index >= 15 is 0 Å². The first-order valence-corrected chi connectivity index (χ1v) is 10.2. The van der Waals surface area contributed by atoms with Gasteiger partial charge >= 0.3 is 12.2 Å². The molecule has 1 aromatic heterocycles. The second kappa shape index (κ2) is 10.7. The SMILES string of the molecule is COCc1cn(CC[C@@H]2CC[C@@H](NC(=O)Nc3ccc(C(F)(F)F)cc3)[C@H](CO)O2)nn1. The molecule has 0 unspecified atom stereocenters. The minimum absolute atomic E-state index is 0.113. The van der Waals surface area contributed by atoms with Gasteiger partial charge in [0.25, 0.3) is 0 Å². The van der Waals surface area contributed by atoms with E-state index in [4.69, 9.17) is 9.47 Å². The number of aryl methyl sites for hydroxylation is 1. The number of carbonyl (C=O) groups is 1. The Balaban J connectivity index is 1.46. The smallest absolute Gasteiger partial charge is 0.394 e. The molecule has 0 saturated carbocycles. The number of hydrogen-bond acceptors (Lipinski definition) is 6. The first-order valence-electron chi connectivity index (χ1n) is 10.2. The molecule has 0 spiro atoms. The fourth-order valence-corrected chi connectivity index (χ4v) is 3.53. The normalized spacial score (nSPS) is 21.3. The standard InChI is InChI=1S/C20H26F3N5O4/c1-31-12-15-10-28(27-26-15)9-8-16-6-7-17(18(11-29)32-16)25-19(30)24-14-4-2-13(3-5-14)20(21,22)23/h2-5,10,16-18,29H,6-9,11-12H2,1H3,(H2,24,25,30)/t16-,17+,18-/m0/s1. The van der Waals surface area contributed by atoms with Crippen LogP contribution in [0.2, 0.25) is 0 Å². The fraction of sp³-hybridized carbons (Fsp3) is 0.550. The molecule has 176 valence electrons. The summed E-state index contributed by atoms with van der Waals surface area (Å²) in [5.74, 6) is 0. The molecule has 12 heteroatoms. The lowest BCUT2D eigenvalue weighted by Crippen LogP contribution is -2.52. The third-order valence-electron chi connectivity index (χ3n) is 5.14. The number of amides is 2. The summed E-state index contributed by atoms with van der Waals surface area (Å²) in [4.78, 5) is 12.3. The molecule has 3 atom stereocenters. The maximum atomic E-state index is 12.6. The van der Waals surface area contributed by atoms with Crippen LogP contribution in [0.25, 0.3) is 0 Å². The van der Waals surface area contributed by atoms with Gasteiger partial charge in [0.05, 0.1) is 37.1 Å². The number of aliphatic hydroxyl groups is 1. The second-order valence-electron chi connectivity index (χ2n) is 7.53. The van der Waals surface area contributed by atoms with Gasteiger partial charge in [-0.1, -0.05) is 5.21 Å². The van der Waals surface area contributed by atoms with Gasteiger partial charge < -0.3 is 25.2 Å². The van der Waals surface area contributed by atoms with Gasteiger partial charge in [0.1, 0.15) is 11.8 Å². The van der Waals surface area contributed by atoms with Gasteiger partial charge in [-0.05, 0) is 43.5 Å². The summed E-state index contributed by atoms with van der Waals surface area (Å²) in [5.41, 5.74) is 0.163. The molecule has 1 aliphatic heterocycles. The highest BCUT2D eigenvalue weighted by Gasteiger charge is 2.32. The molecule has 0 bridgehead atoms. The number of carbonyl (C=O) groups excluding carboxylic acids is 1. The van der Waals surface area contributed by atoms with Gasteiger partial charge in [-0.15, -0.1) is 5.10 Å². The number of urea groups is 1. The Labute approximate surface area is 182 Å². The molecule has 9 nitrogen and oxygen atoms in total. The van der Waals surface area contributed by atoms with Crippen LogP contribution in [0, 0.1) is 0 Å². The van der Waals surface area contributed by atoms with E-state index in [2.05, 4.69) is 20.9 Å². The highest BCUT2D eigenvalue weighted by atomic mass is 19.4. The molecule has 2 aromatic rings. The van der Waals surface area contributed by atoms with Crippen molar-refractivity contribution in [3.63, 3.8) is 0 Å². The average molecular weight is 457 g/mol. The van der Waals surface area contributed by atoms with Crippen molar-refractivity contribution in [2.75, 3.05) is 19.0 Å². The molecule has 0 radical (unpaired) electrons. The zero-order valence-electron chi connectivity index (χ0n) is 17.5. The maximum Gasteiger partial charge on any atom is 0.416 e. The molecule has 1 saturated heterocycles. The van der Waals surface area contributed by atoms with Gasteiger partial charge in [-0.3, -0.25) is 4.68 Å². The third kappa shape index (κ3) is 6.65. The van der Waals surface area contributed by atoms with Crippen LogP contribution in [0.5, 0.6) is 0 Å². The highest BCUT2D eigenvalue weighted by Crippen LogP contribution is 2.30. The summed E-state index contributed by atoms with van der Waals surface area (Å²) in [6.07, 6.45) is -1.43. The van der Waals surface area contributed by atoms with Crippen molar-refractivity contribution in [1.29, 1.82) is 0 Å². The Kier molecular flexibility index (Phi) is 8.04. The molecular formula is C20H26F3N5O4. The number of anilines is 1. The van der Waals surface area contributed by atoms with Crippen LogP contribution in [0.1, 0.15) is 30.5 Å². The zero-order chi connectivity index (χ0) is 23.1. The number of halogens is 3. The van der Waals surface area contributed by atoms with Crippen LogP contribution in [0.3, 0.4) is 0 Å². The number of methoxy groups -OCH3 is 1. The minimum Gasteiger partial charge on any atom is -0.394 e. The van der Waals surface area contributed by atoms with Crippen molar-refractivity contribution < 1.29 is 32.5 Å². The van der Waals surface area contributed by atoms with E-state index in [0.29, 0.717) is 32.4 Å². The molecule has 1 fully saturated rings. The van der Waals surface area contributed by atoms with Crippen LogP contribution in [-0.2, 0) is 28.8 Å². The number of ether oxygens (including phenoxy) is 2. The molecular weight excluding hydrogens is 431 g/mol. The van der Waals surface area contributed by atoms with Gasteiger partial charge in [0, 0.05) is 19.3 Å². The first-order chi connectivity index (χ1) is 15.3. The molecule has 3 rings (SSSR count). The Morgan fingerprint density at radius 3 is 2.72 bits per heavy atom. The lowest BCUT2D eigenvalue weighted by Gasteiger charge is -2.36. The number of hydrogen-bond donors (Lipinski definition) is 3. The summed E-state index contributed by atoms with van der Waals surface area (Å²) >= 11 is 0. The Morgan fingerprint density at radius 2 is 2.06 bits per heavy atom. The van der Waals surface area contributed by atoms with Crippen molar-refractivity contribution in [2.45, 2.75) is 56.8 Å². The number of nitrogens with one attached hydrogen (secondary N) is 2.